The highest BCUT2D eigenvalue weighted by Crippen LogP contribution is 2.47. The van der Waals surface area contributed by atoms with Crippen molar-refractivity contribution in [1.82, 2.24) is 0 Å². The summed E-state index contributed by atoms with van der Waals surface area (Å²) in [6.07, 6.45) is -1.40. The normalized spacial score (nSPS) is 26.5. The molecule has 164 valence electrons. The number of carbonyl (C=O) groups excluding carboxylic acids is 3. The maximum absolute atomic E-state index is 12.9. The number of hydrogen-bond acceptors (Lipinski definition) is 8. The van der Waals surface area contributed by atoms with Crippen molar-refractivity contribution in [2.75, 3.05) is 0 Å². The molecule has 0 aliphatic heterocycles. The van der Waals surface area contributed by atoms with Crippen molar-refractivity contribution in [2.24, 2.45) is 11.8 Å². The molecule has 0 radical (unpaired) electrons. The van der Waals surface area contributed by atoms with Crippen molar-refractivity contribution >= 4 is 23.4 Å². The van der Waals surface area contributed by atoms with Gasteiger partial charge in [-0.1, -0.05) is 12.1 Å². The van der Waals surface area contributed by atoms with Crippen molar-refractivity contribution in [3.8, 4) is 0 Å². The smallest absolute Gasteiger partial charge is 0.317 e. The van der Waals surface area contributed by atoms with Gasteiger partial charge in [-0.15, -0.1) is 0 Å². The summed E-state index contributed by atoms with van der Waals surface area (Å²) in [5.41, 5.74) is -1.63. The molecule has 1 aromatic carbocycles. The van der Waals surface area contributed by atoms with Crippen LogP contribution < -0.4 is 0 Å². The van der Waals surface area contributed by atoms with E-state index < -0.39 is 64.6 Å². The number of nitrogens with zero attached hydrogens (tertiary/aromatic N) is 1. The summed E-state index contributed by atoms with van der Waals surface area (Å²) in [6.45, 7) is 7.90. The quantitative estimate of drug-likeness (QED) is 0.321. The predicted octanol–water partition coefficient (Wildman–Crippen LogP) is 2.54. The van der Waals surface area contributed by atoms with E-state index in [4.69, 9.17) is 9.47 Å². The number of aliphatic hydroxyl groups is 1. The topological polar surface area (TPSA) is 133 Å². The van der Waals surface area contributed by atoms with Crippen LogP contribution >= 0.6 is 0 Å². The second-order valence-corrected chi connectivity index (χ2v) is 8.30. The van der Waals surface area contributed by atoms with Crippen LogP contribution in [0.2, 0.25) is 0 Å². The first-order chi connectivity index (χ1) is 13.8. The summed E-state index contributed by atoms with van der Waals surface area (Å²) in [6, 6.07) is 5.20. The van der Waals surface area contributed by atoms with Crippen LogP contribution in [0.25, 0.3) is 0 Å². The van der Waals surface area contributed by atoms with E-state index in [0.717, 1.165) is 0 Å². The number of rotatable bonds is 6. The molecule has 1 N–H and O–H groups in total. The van der Waals surface area contributed by atoms with Crippen molar-refractivity contribution in [2.45, 2.75) is 64.8 Å². The Hall–Kier alpha value is -2.81. The number of nitro groups is 1. The van der Waals surface area contributed by atoms with Crippen LogP contribution in [-0.4, -0.2) is 45.6 Å². The Balaban J connectivity index is 2.62. The molecule has 1 aliphatic carbocycles. The summed E-state index contributed by atoms with van der Waals surface area (Å²) >= 11 is 0. The first-order valence-corrected chi connectivity index (χ1v) is 9.75. The molecule has 0 spiro atoms. The van der Waals surface area contributed by atoms with Crippen LogP contribution in [0.15, 0.2) is 24.3 Å². The number of nitro benzene ring substituents is 1. The molecule has 30 heavy (non-hydrogen) atoms. The summed E-state index contributed by atoms with van der Waals surface area (Å²) in [7, 11) is 0. The van der Waals surface area contributed by atoms with Gasteiger partial charge in [0.15, 0.2) is 5.78 Å². The minimum absolute atomic E-state index is 0.185. The molecule has 0 bridgehead atoms. The Bertz CT molecular complexity index is 820. The van der Waals surface area contributed by atoms with Gasteiger partial charge in [0.2, 0.25) is 0 Å². The highest BCUT2D eigenvalue weighted by atomic mass is 16.6. The van der Waals surface area contributed by atoms with Crippen LogP contribution in [0.5, 0.6) is 0 Å². The first kappa shape index (κ1) is 23.5. The highest BCUT2D eigenvalue weighted by molar-refractivity contribution is 6.02. The fraction of sp³-hybridized carbons (Fsp3) is 0.571. The molecule has 1 aromatic rings. The molecule has 0 saturated heterocycles. The average Bonchev–Trinajstić information content (AvgIpc) is 2.58. The molecule has 0 heterocycles. The van der Waals surface area contributed by atoms with Crippen LogP contribution in [-0.2, 0) is 23.9 Å². The van der Waals surface area contributed by atoms with Gasteiger partial charge in [0.25, 0.3) is 5.69 Å². The Morgan fingerprint density at radius 2 is 1.60 bits per heavy atom. The minimum atomic E-state index is -1.77. The molecule has 2 rings (SSSR count). The van der Waals surface area contributed by atoms with E-state index in [1.165, 1.54) is 31.2 Å². The fourth-order valence-electron chi connectivity index (χ4n) is 3.85. The maximum Gasteiger partial charge on any atom is 0.317 e. The van der Waals surface area contributed by atoms with Crippen molar-refractivity contribution in [3.63, 3.8) is 0 Å². The number of Topliss-reactive ketones (excluding diaryl/α,β-unsaturated/α-hetero) is 1. The Kier molecular flexibility index (Phi) is 6.97. The molecule has 0 unspecified atom stereocenters. The Labute approximate surface area is 174 Å². The molecule has 9 nitrogen and oxygen atoms in total. The molecular weight excluding hydrogens is 394 g/mol. The lowest BCUT2D eigenvalue weighted by atomic mass is 9.61. The summed E-state index contributed by atoms with van der Waals surface area (Å²) in [5.74, 6) is -5.82. The lowest BCUT2D eigenvalue weighted by molar-refractivity contribution is -0.384. The zero-order chi connectivity index (χ0) is 22.8. The van der Waals surface area contributed by atoms with Crippen LogP contribution in [0.4, 0.5) is 5.69 Å². The Morgan fingerprint density at radius 1 is 1.10 bits per heavy atom. The third-order valence-corrected chi connectivity index (χ3v) is 4.97. The van der Waals surface area contributed by atoms with E-state index in [9.17, 15) is 29.6 Å². The number of carbonyl (C=O) groups is 3. The second kappa shape index (κ2) is 8.91. The summed E-state index contributed by atoms with van der Waals surface area (Å²) in [4.78, 5) is 49.0. The molecule has 4 atom stereocenters. The number of esters is 2. The Morgan fingerprint density at radius 3 is 2.07 bits per heavy atom. The first-order valence-electron chi connectivity index (χ1n) is 9.75. The van der Waals surface area contributed by atoms with E-state index in [1.807, 2.05) is 0 Å². The van der Waals surface area contributed by atoms with Gasteiger partial charge in [-0.25, -0.2) is 0 Å². The average molecular weight is 421 g/mol. The van der Waals surface area contributed by atoms with Gasteiger partial charge in [-0.3, -0.25) is 24.5 Å². The molecule has 1 fully saturated rings. The standard InChI is InChI=1S/C21H27NO8/c1-11(2)29-19(24)17-15(23)10-21(5,26)18(20(25)30-12(3)4)16(17)13-6-8-14(9-7-13)22(27)28/h6-9,11-12,16-18,26H,10H2,1-5H3/t16-,17-,18-,21+/m1/s1. The monoisotopic (exact) mass is 421 g/mol. The highest BCUT2D eigenvalue weighted by Gasteiger charge is 2.57. The number of ether oxygens (including phenoxy) is 2. The van der Waals surface area contributed by atoms with Gasteiger partial charge >= 0.3 is 11.9 Å². The van der Waals surface area contributed by atoms with Gasteiger partial charge in [0.1, 0.15) is 5.92 Å². The van der Waals surface area contributed by atoms with Gasteiger partial charge < -0.3 is 14.6 Å². The maximum atomic E-state index is 12.9. The lowest BCUT2D eigenvalue weighted by Gasteiger charge is -2.44. The van der Waals surface area contributed by atoms with Crippen molar-refractivity contribution < 1.29 is 33.9 Å². The minimum Gasteiger partial charge on any atom is -0.463 e. The number of ketones is 1. The summed E-state index contributed by atoms with van der Waals surface area (Å²) < 4.78 is 10.6. The third kappa shape index (κ3) is 5.02. The van der Waals surface area contributed by atoms with Crippen molar-refractivity contribution in [3.05, 3.63) is 39.9 Å². The molecule has 0 aromatic heterocycles. The number of benzene rings is 1. The second-order valence-electron chi connectivity index (χ2n) is 8.30. The van der Waals surface area contributed by atoms with E-state index in [0.29, 0.717) is 5.56 Å². The fourth-order valence-corrected chi connectivity index (χ4v) is 3.85. The largest absolute Gasteiger partial charge is 0.463 e. The van der Waals surface area contributed by atoms with Crippen LogP contribution in [0, 0.1) is 22.0 Å². The van der Waals surface area contributed by atoms with Gasteiger partial charge in [-0.2, -0.15) is 0 Å². The molecular formula is C21H27NO8. The van der Waals surface area contributed by atoms with E-state index in [-0.39, 0.29) is 5.69 Å². The predicted molar refractivity (Wildman–Crippen MR) is 106 cm³/mol. The van der Waals surface area contributed by atoms with E-state index >= 15 is 0 Å². The van der Waals surface area contributed by atoms with Gasteiger partial charge in [0.05, 0.1) is 28.7 Å². The van der Waals surface area contributed by atoms with Crippen LogP contribution in [0.3, 0.4) is 0 Å². The molecule has 0 amide bonds. The SMILES string of the molecule is CC(C)OC(=O)[C@@H]1C(=O)C[C@](C)(O)[C@@H](C(=O)OC(C)C)[C@@H]1c1ccc([N+](=O)[O-])cc1. The molecule has 1 saturated carbocycles. The summed E-state index contributed by atoms with van der Waals surface area (Å²) in [5, 5.41) is 22.0. The number of non-ortho nitro benzene ring substituents is 1. The van der Waals surface area contributed by atoms with E-state index in [2.05, 4.69) is 0 Å². The van der Waals surface area contributed by atoms with Gasteiger partial charge in [0, 0.05) is 24.5 Å². The lowest BCUT2D eigenvalue weighted by Crippen LogP contribution is -2.55. The van der Waals surface area contributed by atoms with Gasteiger partial charge in [-0.05, 0) is 40.2 Å². The molecule has 9 heteroatoms. The van der Waals surface area contributed by atoms with E-state index in [1.54, 1.807) is 27.7 Å². The number of hydrogen-bond donors (Lipinski definition) is 1. The zero-order valence-corrected chi connectivity index (χ0v) is 17.7. The van der Waals surface area contributed by atoms with Crippen molar-refractivity contribution in [1.29, 1.82) is 0 Å². The zero-order valence-electron chi connectivity index (χ0n) is 17.7. The molecule has 1 aliphatic rings. The third-order valence-electron chi connectivity index (χ3n) is 4.97. The van der Waals surface area contributed by atoms with Crippen LogP contribution in [0.1, 0.15) is 52.5 Å².